The Balaban J connectivity index is 1.09. The molecular formula is C50H29N5O2. The van der Waals surface area contributed by atoms with E-state index in [1.165, 1.54) is 0 Å². The van der Waals surface area contributed by atoms with Crippen LogP contribution in [-0.2, 0) is 0 Å². The first kappa shape index (κ1) is 31.5. The van der Waals surface area contributed by atoms with E-state index in [4.69, 9.17) is 28.9 Å². The molecule has 12 rings (SSSR count). The van der Waals surface area contributed by atoms with Gasteiger partial charge in [-0.3, -0.25) is 0 Å². The molecule has 4 aromatic heterocycles. The molecule has 8 aromatic carbocycles. The molecule has 57 heavy (non-hydrogen) atoms. The highest BCUT2D eigenvalue weighted by Crippen LogP contribution is 2.40. The molecule has 0 saturated heterocycles. The van der Waals surface area contributed by atoms with Crippen molar-refractivity contribution in [3.63, 3.8) is 0 Å². The monoisotopic (exact) mass is 731 g/mol. The SMILES string of the molecule is c1ccc(-n2nc(-c3cccc(-c4nc(-c5cccc6c5oc5ccccc56)nc(-c5cccc6c5oc5ccccc56)n4)c3)c3ccc4ccccc4c32)cc1. The highest BCUT2D eigenvalue weighted by Gasteiger charge is 2.22. The number of nitrogens with zero attached hydrogens (tertiary/aromatic N) is 5. The van der Waals surface area contributed by atoms with Gasteiger partial charge in [0.05, 0.1) is 22.3 Å². The molecule has 7 nitrogen and oxygen atoms in total. The summed E-state index contributed by atoms with van der Waals surface area (Å²) in [6.07, 6.45) is 0. The van der Waals surface area contributed by atoms with E-state index in [0.717, 1.165) is 99.2 Å². The van der Waals surface area contributed by atoms with E-state index in [2.05, 4.69) is 89.6 Å². The molecule has 0 bridgehead atoms. The van der Waals surface area contributed by atoms with Gasteiger partial charge < -0.3 is 8.83 Å². The summed E-state index contributed by atoms with van der Waals surface area (Å²) >= 11 is 0. The summed E-state index contributed by atoms with van der Waals surface area (Å²) in [5.41, 5.74) is 9.32. The molecule has 0 spiro atoms. The van der Waals surface area contributed by atoms with E-state index >= 15 is 0 Å². The number of benzene rings is 8. The Morgan fingerprint density at radius 3 is 1.61 bits per heavy atom. The van der Waals surface area contributed by atoms with Gasteiger partial charge in [-0.15, -0.1) is 0 Å². The summed E-state index contributed by atoms with van der Waals surface area (Å²) in [5.74, 6) is 1.53. The lowest BCUT2D eigenvalue weighted by Crippen LogP contribution is -2.01. The number of aromatic nitrogens is 5. The standard InChI is InChI=1S/C50H29N5O2/c1-2-16-33(17-3-1)55-45-34-18-5-4-13-30(34)27-28-39(45)44(54-55)31-14-10-15-32(29-31)48-51-49(40-23-11-21-37-35-19-6-8-25-42(35)56-46(37)40)53-50(52-48)41-24-12-22-38-36-20-7-9-26-43(36)57-47(38)41/h1-29H. The summed E-state index contributed by atoms with van der Waals surface area (Å²) in [6, 6.07) is 59.8. The van der Waals surface area contributed by atoms with Gasteiger partial charge in [0.1, 0.15) is 28.0 Å². The van der Waals surface area contributed by atoms with Crippen molar-refractivity contribution in [2.75, 3.05) is 0 Å². The van der Waals surface area contributed by atoms with Crippen LogP contribution in [0.2, 0.25) is 0 Å². The molecule has 0 atom stereocenters. The van der Waals surface area contributed by atoms with Crippen LogP contribution < -0.4 is 0 Å². The van der Waals surface area contributed by atoms with Crippen LogP contribution in [0.3, 0.4) is 0 Å². The van der Waals surface area contributed by atoms with E-state index in [-0.39, 0.29) is 0 Å². The predicted molar refractivity (Wildman–Crippen MR) is 228 cm³/mol. The van der Waals surface area contributed by atoms with Gasteiger partial charge in [-0.25, -0.2) is 19.6 Å². The van der Waals surface area contributed by atoms with Crippen LogP contribution in [0.5, 0.6) is 0 Å². The van der Waals surface area contributed by atoms with E-state index in [0.29, 0.717) is 17.5 Å². The molecular weight excluding hydrogens is 703 g/mol. The summed E-state index contributed by atoms with van der Waals surface area (Å²) in [5, 5.41) is 12.7. The lowest BCUT2D eigenvalue weighted by molar-refractivity contribution is 0.669. The average molecular weight is 732 g/mol. The fourth-order valence-electron chi connectivity index (χ4n) is 8.25. The zero-order chi connectivity index (χ0) is 37.5. The van der Waals surface area contributed by atoms with Crippen LogP contribution in [0, 0.1) is 0 Å². The molecule has 12 aromatic rings. The smallest absolute Gasteiger partial charge is 0.167 e. The fraction of sp³-hybridized carbons (Fsp3) is 0. The van der Waals surface area contributed by atoms with Crippen LogP contribution in [0.15, 0.2) is 185 Å². The quantitative estimate of drug-likeness (QED) is 0.175. The van der Waals surface area contributed by atoms with E-state index in [1.807, 2.05) is 91.0 Å². The van der Waals surface area contributed by atoms with E-state index < -0.39 is 0 Å². The molecule has 4 heterocycles. The number of rotatable bonds is 5. The highest BCUT2D eigenvalue weighted by atomic mass is 16.3. The van der Waals surface area contributed by atoms with Gasteiger partial charge in [-0.2, -0.15) is 5.10 Å². The van der Waals surface area contributed by atoms with Gasteiger partial charge in [-0.1, -0.05) is 127 Å². The highest BCUT2D eigenvalue weighted by molar-refractivity contribution is 6.12. The Kier molecular flexibility index (Phi) is 6.79. The zero-order valence-electron chi connectivity index (χ0n) is 30.3. The average Bonchev–Trinajstić information content (AvgIpc) is 3.99. The maximum Gasteiger partial charge on any atom is 0.167 e. The second kappa shape index (κ2) is 12.3. The Morgan fingerprint density at radius 2 is 0.930 bits per heavy atom. The molecule has 0 N–H and O–H groups in total. The van der Waals surface area contributed by atoms with Crippen LogP contribution >= 0.6 is 0 Å². The lowest BCUT2D eigenvalue weighted by Gasteiger charge is -2.10. The minimum atomic E-state index is 0.503. The Morgan fingerprint density at radius 1 is 0.386 bits per heavy atom. The summed E-state index contributed by atoms with van der Waals surface area (Å²) < 4.78 is 15.1. The predicted octanol–water partition coefficient (Wildman–Crippen LogP) is 12.8. The zero-order valence-corrected chi connectivity index (χ0v) is 30.3. The van der Waals surface area contributed by atoms with Crippen molar-refractivity contribution in [3.8, 4) is 51.1 Å². The number of hydrogen-bond donors (Lipinski definition) is 0. The Labute approximate surface area is 325 Å². The van der Waals surface area contributed by atoms with Crippen molar-refractivity contribution in [2.24, 2.45) is 0 Å². The maximum absolute atomic E-state index is 6.50. The molecule has 0 aliphatic carbocycles. The Hall–Kier alpha value is -7.90. The normalized spacial score (nSPS) is 11.9. The van der Waals surface area contributed by atoms with Gasteiger partial charge in [0.25, 0.3) is 0 Å². The molecule has 0 saturated carbocycles. The first-order valence-electron chi connectivity index (χ1n) is 18.9. The lowest BCUT2D eigenvalue weighted by atomic mass is 10.0. The van der Waals surface area contributed by atoms with Crippen LogP contribution in [0.25, 0.3) is 117 Å². The molecule has 0 fully saturated rings. The summed E-state index contributed by atoms with van der Waals surface area (Å²) in [6.45, 7) is 0. The van der Waals surface area contributed by atoms with Crippen LogP contribution in [0.1, 0.15) is 0 Å². The number of hydrogen-bond acceptors (Lipinski definition) is 6. The second-order valence-corrected chi connectivity index (χ2v) is 14.2. The van der Waals surface area contributed by atoms with Crippen molar-refractivity contribution >= 4 is 65.6 Å². The van der Waals surface area contributed by atoms with E-state index in [1.54, 1.807) is 0 Å². The summed E-state index contributed by atoms with van der Waals surface area (Å²) in [7, 11) is 0. The van der Waals surface area contributed by atoms with Gasteiger partial charge in [0.15, 0.2) is 17.5 Å². The number of furan rings is 2. The second-order valence-electron chi connectivity index (χ2n) is 14.2. The molecule has 266 valence electrons. The van der Waals surface area contributed by atoms with Gasteiger partial charge in [0.2, 0.25) is 0 Å². The first-order valence-corrected chi connectivity index (χ1v) is 18.9. The third-order valence-corrected chi connectivity index (χ3v) is 10.9. The molecule has 0 aliphatic heterocycles. The number of para-hydroxylation sites is 5. The van der Waals surface area contributed by atoms with Crippen molar-refractivity contribution in [3.05, 3.63) is 176 Å². The molecule has 0 unspecified atom stereocenters. The Bertz CT molecular complexity index is 3410. The van der Waals surface area contributed by atoms with Crippen LogP contribution in [-0.4, -0.2) is 24.7 Å². The van der Waals surface area contributed by atoms with Gasteiger partial charge >= 0.3 is 0 Å². The van der Waals surface area contributed by atoms with Crippen molar-refractivity contribution in [1.29, 1.82) is 0 Å². The molecule has 7 heteroatoms. The largest absolute Gasteiger partial charge is 0.455 e. The minimum absolute atomic E-state index is 0.503. The fourth-order valence-corrected chi connectivity index (χ4v) is 8.25. The molecule has 0 amide bonds. The van der Waals surface area contributed by atoms with Gasteiger partial charge in [-0.05, 0) is 53.9 Å². The van der Waals surface area contributed by atoms with Crippen LogP contribution in [0.4, 0.5) is 0 Å². The number of fused-ring (bicyclic) bond motifs is 9. The van der Waals surface area contributed by atoms with Crippen molar-refractivity contribution in [1.82, 2.24) is 24.7 Å². The molecule has 0 radical (unpaired) electrons. The first-order chi connectivity index (χ1) is 28.2. The van der Waals surface area contributed by atoms with Crippen molar-refractivity contribution in [2.45, 2.75) is 0 Å². The van der Waals surface area contributed by atoms with Crippen molar-refractivity contribution < 1.29 is 8.83 Å². The summed E-state index contributed by atoms with van der Waals surface area (Å²) in [4.78, 5) is 15.6. The molecule has 0 aliphatic rings. The minimum Gasteiger partial charge on any atom is -0.455 e. The third-order valence-electron chi connectivity index (χ3n) is 10.9. The topological polar surface area (TPSA) is 82.8 Å². The third kappa shape index (κ3) is 4.92. The van der Waals surface area contributed by atoms with E-state index in [9.17, 15) is 0 Å². The van der Waals surface area contributed by atoms with Gasteiger partial charge in [0, 0.05) is 43.4 Å². The maximum atomic E-state index is 6.50.